The van der Waals surface area contributed by atoms with Gasteiger partial charge in [0.25, 0.3) is 0 Å². The molecule has 0 amide bonds. The van der Waals surface area contributed by atoms with Crippen LogP contribution in [0.2, 0.25) is 5.02 Å². The van der Waals surface area contributed by atoms with Crippen molar-refractivity contribution >= 4 is 11.6 Å². The number of nitrogens with zero attached hydrogens (tertiary/aromatic N) is 1. The minimum atomic E-state index is 0.174. The number of hydrogen-bond acceptors (Lipinski definition) is 3. The van der Waals surface area contributed by atoms with E-state index in [-0.39, 0.29) is 6.61 Å². The molecule has 17 heavy (non-hydrogen) atoms. The average Bonchev–Trinajstić information content (AvgIpc) is 2.32. The largest absolute Gasteiger partial charge is 0.497 e. The minimum Gasteiger partial charge on any atom is -0.497 e. The standard InChI is InChI=1S/C13H20ClNO2/c1-3-6-15(7-8-16)10-11-4-5-12(17-2)9-13(11)14/h4-5,9,16H,3,6-8,10H2,1-2H3. The fourth-order valence-corrected chi connectivity index (χ4v) is 1.98. The van der Waals surface area contributed by atoms with Crippen LogP contribution in [-0.4, -0.2) is 36.8 Å². The van der Waals surface area contributed by atoms with Gasteiger partial charge in [0.1, 0.15) is 5.75 Å². The minimum absolute atomic E-state index is 0.174. The Morgan fingerprint density at radius 3 is 2.65 bits per heavy atom. The van der Waals surface area contributed by atoms with E-state index in [0.717, 1.165) is 30.8 Å². The SMILES string of the molecule is CCCN(CCO)Cc1ccc(OC)cc1Cl. The quantitative estimate of drug-likeness (QED) is 0.815. The van der Waals surface area contributed by atoms with Crippen molar-refractivity contribution in [2.75, 3.05) is 26.8 Å². The van der Waals surface area contributed by atoms with Crippen molar-refractivity contribution in [2.24, 2.45) is 0 Å². The molecule has 0 aromatic heterocycles. The van der Waals surface area contributed by atoms with Crippen LogP contribution in [0, 0.1) is 0 Å². The molecule has 1 N–H and O–H groups in total. The Hall–Kier alpha value is -0.770. The van der Waals surface area contributed by atoms with E-state index in [0.29, 0.717) is 11.6 Å². The summed E-state index contributed by atoms with van der Waals surface area (Å²) in [5.74, 6) is 0.767. The van der Waals surface area contributed by atoms with Crippen LogP contribution in [0.15, 0.2) is 18.2 Å². The maximum Gasteiger partial charge on any atom is 0.120 e. The second-order valence-corrected chi connectivity index (χ2v) is 4.36. The molecule has 3 nitrogen and oxygen atoms in total. The lowest BCUT2D eigenvalue weighted by Crippen LogP contribution is -2.27. The highest BCUT2D eigenvalue weighted by Gasteiger charge is 2.08. The highest BCUT2D eigenvalue weighted by molar-refractivity contribution is 6.31. The first-order valence-corrected chi connectivity index (χ1v) is 6.24. The molecule has 96 valence electrons. The van der Waals surface area contributed by atoms with Crippen LogP contribution >= 0.6 is 11.6 Å². The zero-order valence-electron chi connectivity index (χ0n) is 10.4. The Balaban J connectivity index is 2.71. The number of rotatable bonds is 7. The Bertz CT molecular complexity index is 338. The van der Waals surface area contributed by atoms with Gasteiger partial charge in [-0.3, -0.25) is 4.90 Å². The molecular formula is C13H20ClNO2. The van der Waals surface area contributed by atoms with E-state index in [4.69, 9.17) is 21.4 Å². The summed E-state index contributed by atoms with van der Waals surface area (Å²) in [5.41, 5.74) is 1.06. The van der Waals surface area contributed by atoms with E-state index in [1.54, 1.807) is 7.11 Å². The van der Waals surface area contributed by atoms with Crippen molar-refractivity contribution in [1.82, 2.24) is 4.90 Å². The van der Waals surface area contributed by atoms with E-state index in [2.05, 4.69) is 11.8 Å². The molecule has 0 spiro atoms. The number of aliphatic hydroxyl groups excluding tert-OH is 1. The molecule has 1 aromatic rings. The number of methoxy groups -OCH3 is 1. The van der Waals surface area contributed by atoms with Gasteiger partial charge in [-0.2, -0.15) is 0 Å². The Morgan fingerprint density at radius 1 is 1.35 bits per heavy atom. The first kappa shape index (κ1) is 14.3. The molecule has 4 heteroatoms. The van der Waals surface area contributed by atoms with Gasteiger partial charge in [0.05, 0.1) is 13.7 Å². The second-order valence-electron chi connectivity index (χ2n) is 3.96. The lowest BCUT2D eigenvalue weighted by atomic mass is 10.2. The molecule has 0 aliphatic rings. The van der Waals surface area contributed by atoms with Crippen LogP contribution in [0.4, 0.5) is 0 Å². The zero-order chi connectivity index (χ0) is 12.7. The molecular weight excluding hydrogens is 238 g/mol. The van der Waals surface area contributed by atoms with Gasteiger partial charge in [-0.1, -0.05) is 24.6 Å². The molecule has 0 aliphatic heterocycles. The summed E-state index contributed by atoms with van der Waals surface area (Å²) in [4.78, 5) is 2.19. The number of hydrogen-bond donors (Lipinski definition) is 1. The van der Waals surface area contributed by atoms with Crippen LogP contribution in [0.5, 0.6) is 5.75 Å². The zero-order valence-corrected chi connectivity index (χ0v) is 11.2. The third kappa shape index (κ3) is 4.54. The van der Waals surface area contributed by atoms with E-state index < -0.39 is 0 Å². The number of ether oxygens (including phenoxy) is 1. The summed E-state index contributed by atoms with van der Waals surface area (Å²) in [6.07, 6.45) is 1.06. The summed E-state index contributed by atoms with van der Waals surface area (Å²) in [7, 11) is 1.63. The van der Waals surface area contributed by atoms with E-state index >= 15 is 0 Å². The molecule has 1 aromatic carbocycles. The second kappa shape index (κ2) is 7.54. The molecule has 0 aliphatic carbocycles. The van der Waals surface area contributed by atoms with Crippen LogP contribution < -0.4 is 4.74 Å². The highest BCUT2D eigenvalue weighted by atomic mass is 35.5. The topological polar surface area (TPSA) is 32.7 Å². The van der Waals surface area contributed by atoms with Gasteiger partial charge in [-0.25, -0.2) is 0 Å². The normalized spacial score (nSPS) is 10.9. The molecule has 1 rings (SSSR count). The fourth-order valence-electron chi connectivity index (χ4n) is 1.75. The van der Waals surface area contributed by atoms with Crippen molar-refractivity contribution in [3.05, 3.63) is 28.8 Å². The molecule has 0 saturated carbocycles. The molecule has 0 radical (unpaired) electrons. The van der Waals surface area contributed by atoms with Gasteiger partial charge in [0, 0.05) is 18.1 Å². The molecule has 0 atom stereocenters. The number of aliphatic hydroxyl groups is 1. The van der Waals surface area contributed by atoms with Gasteiger partial charge in [0.15, 0.2) is 0 Å². The van der Waals surface area contributed by atoms with E-state index in [9.17, 15) is 0 Å². The third-order valence-electron chi connectivity index (χ3n) is 2.61. The number of halogens is 1. The third-order valence-corrected chi connectivity index (χ3v) is 2.96. The van der Waals surface area contributed by atoms with E-state index in [1.165, 1.54) is 0 Å². The Labute approximate surface area is 108 Å². The maximum atomic E-state index is 9.00. The highest BCUT2D eigenvalue weighted by Crippen LogP contribution is 2.23. The monoisotopic (exact) mass is 257 g/mol. The van der Waals surface area contributed by atoms with Crippen LogP contribution in [0.1, 0.15) is 18.9 Å². The van der Waals surface area contributed by atoms with Gasteiger partial charge in [0.2, 0.25) is 0 Å². The van der Waals surface area contributed by atoms with Crippen LogP contribution in [0.3, 0.4) is 0 Å². The molecule has 0 saturated heterocycles. The van der Waals surface area contributed by atoms with Crippen molar-refractivity contribution in [2.45, 2.75) is 19.9 Å². The van der Waals surface area contributed by atoms with Crippen molar-refractivity contribution < 1.29 is 9.84 Å². The lowest BCUT2D eigenvalue weighted by molar-refractivity contribution is 0.190. The van der Waals surface area contributed by atoms with E-state index in [1.807, 2.05) is 18.2 Å². The summed E-state index contributed by atoms with van der Waals surface area (Å²) < 4.78 is 5.11. The first-order chi connectivity index (χ1) is 8.21. The first-order valence-electron chi connectivity index (χ1n) is 5.86. The number of benzene rings is 1. The summed E-state index contributed by atoms with van der Waals surface area (Å²) in [6, 6.07) is 5.70. The smallest absolute Gasteiger partial charge is 0.120 e. The van der Waals surface area contributed by atoms with Gasteiger partial charge in [-0.15, -0.1) is 0 Å². The van der Waals surface area contributed by atoms with Gasteiger partial charge in [-0.05, 0) is 30.7 Å². The molecule has 0 bridgehead atoms. The summed E-state index contributed by atoms with van der Waals surface area (Å²) in [6.45, 7) is 4.70. The maximum absolute atomic E-state index is 9.00. The molecule has 0 unspecified atom stereocenters. The van der Waals surface area contributed by atoms with Crippen molar-refractivity contribution in [1.29, 1.82) is 0 Å². The molecule has 0 fully saturated rings. The average molecular weight is 258 g/mol. The predicted octanol–water partition coefficient (Wildman–Crippen LogP) is 2.55. The van der Waals surface area contributed by atoms with Gasteiger partial charge >= 0.3 is 0 Å². The van der Waals surface area contributed by atoms with Gasteiger partial charge < -0.3 is 9.84 Å². The Kier molecular flexibility index (Phi) is 6.34. The summed E-state index contributed by atoms with van der Waals surface area (Å²) >= 11 is 6.18. The van der Waals surface area contributed by atoms with Crippen LogP contribution in [-0.2, 0) is 6.54 Å². The predicted molar refractivity (Wildman–Crippen MR) is 70.7 cm³/mol. The lowest BCUT2D eigenvalue weighted by Gasteiger charge is -2.21. The fraction of sp³-hybridized carbons (Fsp3) is 0.538. The van der Waals surface area contributed by atoms with Crippen molar-refractivity contribution in [3.8, 4) is 5.75 Å². The molecule has 0 heterocycles. The van der Waals surface area contributed by atoms with Crippen LogP contribution in [0.25, 0.3) is 0 Å². The van der Waals surface area contributed by atoms with Crippen molar-refractivity contribution in [3.63, 3.8) is 0 Å². The Morgan fingerprint density at radius 2 is 2.12 bits per heavy atom. The summed E-state index contributed by atoms with van der Waals surface area (Å²) in [5, 5.41) is 9.71.